The summed E-state index contributed by atoms with van der Waals surface area (Å²) in [7, 11) is 0. The average Bonchev–Trinajstić information content (AvgIpc) is 2.90. The van der Waals surface area contributed by atoms with Gasteiger partial charge in [-0.15, -0.1) is 0 Å². The topological polar surface area (TPSA) is 51.0 Å². The van der Waals surface area contributed by atoms with E-state index in [0.29, 0.717) is 24.1 Å². The van der Waals surface area contributed by atoms with Crippen molar-refractivity contribution in [1.82, 2.24) is 15.5 Å². The van der Waals surface area contributed by atoms with Crippen LogP contribution in [-0.2, 0) is 6.42 Å². The molecule has 5 heteroatoms. The minimum atomic E-state index is 0.177. The van der Waals surface area contributed by atoms with Crippen molar-refractivity contribution in [2.24, 2.45) is 5.92 Å². The van der Waals surface area contributed by atoms with Crippen molar-refractivity contribution in [1.29, 1.82) is 0 Å². The van der Waals surface area contributed by atoms with Gasteiger partial charge in [0.1, 0.15) is 0 Å². The number of nitrogens with zero attached hydrogens (tertiary/aromatic N) is 2. The SMILES string of the molecule is CC1CCCNC1c1nc(Cc2ccccc2Cl)no1. The van der Waals surface area contributed by atoms with E-state index >= 15 is 0 Å². The van der Waals surface area contributed by atoms with Crippen LogP contribution < -0.4 is 5.32 Å². The highest BCUT2D eigenvalue weighted by molar-refractivity contribution is 6.31. The zero-order chi connectivity index (χ0) is 13.9. The summed E-state index contributed by atoms with van der Waals surface area (Å²) in [5.74, 6) is 1.91. The summed E-state index contributed by atoms with van der Waals surface area (Å²) in [5, 5.41) is 8.27. The van der Waals surface area contributed by atoms with Crippen molar-refractivity contribution in [3.05, 3.63) is 46.6 Å². The molecule has 1 saturated heterocycles. The number of aromatic nitrogens is 2. The summed E-state index contributed by atoms with van der Waals surface area (Å²) in [6.45, 7) is 3.23. The summed E-state index contributed by atoms with van der Waals surface area (Å²) in [6.07, 6.45) is 3.00. The van der Waals surface area contributed by atoms with Gasteiger partial charge in [-0.05, 0) is 36.9 Å². The van der Waals surface area contributed by atoms with E-state index in [1.54, 1.807) is 0 Å². The molecule has 2 heterocycles. The third-order valence-electron chi connectivity index (χ3n) is 3.83. The molecule has 1 N–H and O–H groups in total. The first kappa shape index (κ1) is 13.6. The van der Waals surface area contributed by atoms with E-state index in [1.165, 1.54) is 12.8 Å². The Morgan fingerprint density at radius 1 is 1.40 bits per heavy atom. The minimum Gasteiger partial charge on any atom is -0.338 e. The smallest absolute Gasteiger partial charge is 0.244 e. The second-order valence-corrected chi connectivity index (χ2v) is 5.78. The number of halogens is 1. The molecule has 106 valence electrons. The molecule has 1 aromatic heterocycles. The normalized spacial score (nSPS) is 22.9. The average molecular weight is 292 g/mol. The Balaban J connectivity index is 1.75. The van der Waals surface area contributed by atoms with E-state index in [4.69, 9.17) is 16.1 Å². The zero-order valence-electron chi connectivity index (χ0n) is 11.5. The third kappa shape index (κ3) is 2.86. The molecule has 1 fully saturated rings. The fourth-order valence-corrected chi connectivity index (χ4v) is 2.86. The second kappa shape index (κ2) is 5.94. The first-order valence-corrected chi connectivity index (χ1v) is 7.41. The molecule has 2 unspecified atom stereocenters. The van der Waals surface area contributed by atoms with Gasteiger partial charge in [0, 0.05) is 11.4 Å². The predicted molar refractivity (Wildman–Crippen MR) is 77.7 cm³/mol. The number of hydrogen-bond donors (Lipinski definition) is 1. The molecule has 0 amide bonds. The van der Waals surface area contributed by atoms with Crippen LogP contribution in [0.15, 0.2) is 28.8 Å². The lowest BCUT2D eigenvalue weighted by Crippen LogP contribution is -2.33. The van der Waals surface area contributed by atoms with Crippen LogP contribution in [0, 0.1) is 5.92 Å². The fourth-order valence-electron chi connectivity index (χ4n) is 2.66. The number of piperidine rings is 1. The first-order valence-electron chi connectivity index (χ1n) is 7.03. The van der Waals surface area contributed by atoms with E-state index in [-0.39, 0.29) is 6.04 Å². The lowest BCUT2D eigenvalue weighted by molar-refractivity contribution is 0.239. The van der Waals surface area contributed by atoms with E-state index in [1.807, 2.05) is 24.3 Å². The largest absolute Gasteiger partial charge is 0.338 e. The highest BCUT2D eigenvalue weighted by Crippen LogP contribution is 2.28. The molecule has 0 spiro atoms. The highest BCUT2D eigenvalue weighted by atomic mass is 35.5. The predicted octanol–water partition coefficient (Wildman–Crippen LogP) is 3.37. The Kier molecular flexibility index (Phi) is 4.03. The first-order chi connectivity index (χ1) is 9.74. The summed E-state index contributed by atoms with van der Waals surface area (Å²) < 4.78 is 5.42. The quantitative estimate of drug-likeness (QED) is 0.942. The van der Waals surface area contributed by atoms with Crippen molar-refractivity contribution in [2.45, 2.75) is 32.2 Å². The van der Waals surface area contributed by atoms with Gasteiger partial charge in [0.2, 0.25) is 5.89 Å². The standard InChI is InChI=1S/C15H18ClN3O/c1-10-5-4-8-17-14(10)15-18-13(19-20-15)9-11-6-2-3-7-12(11)16/h2-3,6-7,10,14,17H,4-5,8-9H2,1H3. The van der Waals surface area contributed by atoms with Gasteiger partial charge in [0.05, 0.1) is 6.04 Å². The lowest BCUT2D eigenvalue weighted by Gasteiger charge is -2.26. The lowest BCUT2D eigenvalue weighted by atomic mass is 9.93. The third-order valence-corrected chi connectivity index (χ3v) is 4.19. The molecule has 1 aromatic carbocycles. The molecule has 1 aliphatic heterocycles. The van der Waals surface area contributed by atoms with Gasteiger partial charge in [-0.2, -0.15) is 4.98 Å². The van der Waals surface area contributed by atoms with Crippen LogP contribution in [-0.4, -0.2) is 16.7 Å². The molecule has 3 rings (SSSR count). The molecule has 2 aromatic rings. The number of benzene rings is 1. The van der Waals surface area contributed by atoms with Crippen LogP contribution >= 0.6 is 11.6 Å². The maximum absolute atomic E-state index is 6.15. The minimum absolute atomic E-state index is 0.177. The number of nitrogens with one attached hydrogen (secondary N) is 1. The van der Waals surface area contributed by atoms with Crippen molar-refractivity contribution in [3.63, 3.8) is 0 Å². The maximum Gasteiger partial charge on any atom is 0.244 e. The van der Waals surface area contributed by atoms with Crippen molar-refractivity contribution < 1.29 is 4.52 Å². The second-order valence-electron chi connectivity index (χ2n) is 5.37. The van der Waals surface area contributed by atoms with Gasteiger partial charge in [0.15, 0.2) is 5.82 Å². The van der Waals surface area contributed by atoms with Gasteiger partial charge in [0.25, 0.3) is 0 Å². The maximum atomic E-state index is 6.15. The van der Waals surface area contributed by atoms with Crippen molar-refractivity contribution >= 4 is 11.6 Å². The molecule has 0 bridgehead atoms. The molecular formula is C15H18ClN3O. The Morgan fingerprint density at radius 2 is 2.25 bits per heavy atom. The molecule has 0 aliphatic carbocycles. The van der Waals surface area contributed by atoms with Crippen LogP contribution in [0.4, 0.5) is 0 Å². The molecular weight excluding hydrogens is 274 g/mol. The highest BCUT2D eigenvalue weighted by Gasteiger charge is 2.27. The Labute approximate surface area is 123 Å². The summed E-state index contributed by atoms with van der Waals surface area (Å²) >= 11 is 6.15. The van der Waals surface area contributed by atoms with Crippen molar-refractivity contribution in [2.75, 3.05) is 6.54 Å². The summed E-state index contributed by atoms with van der Waals surface area (Å²) in [4.78, 5) is 4.52. The van der Waals surface area contributed by atoms with Gasteiger partial charge in [-0.1, -0.05) is 41.9 Å². The van der Waals surface area contributed by atoms with Crippen LogP contribution in [0.2, 0.25) is 5.02 Å². The van der Waals surface area contributed by atoms with Gasteiger partial charge >= 0.3 is 0 Å². The van der Waals surface area contributed by atoms with Gasteiger partial charge < -0.3 is 9.84 Å². The van der Waals surface area contributed by atoms with Crippen LogP contribution in [0.3, 0.4) is 0 Å². The van der Waals surface area contributed by atoms with E-state index in [0.717, 1.165) is 17.1 Å². The molecule has 2 atom stereocenters. The van der Waals surface area contributed by atoms with Gasteiger partial charge in [-0.3, -0.25) is 0 Å². The Bertz CT molecular complexity index is 584. The summed E-state index contributed by atoms with van der Waals surface area (Å²) in [6, 6.07) is 7.92. The number of hydrogen-bond acceptors (Lipinski definition) is 4. The molecule has 0 radical (unpaired) electrons. The van der Waals surface area contributed by atoms with Crippen LogP contribution in [0.1, 0.15) is 43.1 Å². The molecule has 1 aliphatic rings. The number of rotatable bonds is 3. The van der Waals surface area contributed by atoms with E-state index in [2.05, 4.69) is 22.4 Å². The molecule has 20 heavy (non-hydrogen) atoms. The van der Waals surface area contributed by atoms with Crippen LogP contribution in [0.25, 0.3) is 0 Å². The van der Waals surface area contributed by atoms with E-state index < -0.39 is 0 Å². The summed E-state index contributed by atoms with van der Waals surface area (Å²) in [5.41, 5.74) is 1.02. The Hall–Kier alpha value is -1.39. The molecule has 4 nitrogen and oxygen atoms in total. The van der Waals surface area contributed by atoms with Crippen LogP contribution in [0.5, 0.6) is 0 Å². The zero-order valence-corrected chi connectivity index (χ0v) is 12.2. The Morgan fingerprint density at radius 3 is 3.05 bits per heavy atom. The van der Waals surface area contributed by atoms with E-state index in [9.17, 15) is 0 Å². The monoisotopic (exact) mass is 291 g/mol. The van der Waals surface area contributed by atoms with Gasteiger partial charge in [-0.25, -0.2) is 0 Å². The molecule has 0 saturated carbocycles. The van der Waals surface area contributed by atoms with Crippen molar-refractivity contribution in [3.8, 4) is 0 Å². The fraction of sp³-hybridized carbons (Fsp3) is 0.467.